The minimum atomic E-state index is -0.749. The van der Waals surface area contributed by atoms with Crippen LogP contribution < -0.4 is 18.9 Å². The van der Waals surface area contributed by atoms with E-state index in [1.807, 2.05) is 24.3 Å². The molecular weight excluding hydrogens is 362 g/mol. The summed E-state index contributed by atoms with van der Waals surface area (Å²) in [6.07, 6.45) is -1.50. The average molecular weight is 377 g/mol. The van der Waals surface area contributed by atoms with Crippen molar-refractivity contribution in [3.05, 3.63) is 60.0 Å². The Balaban J connectivity index is 1.56. The van der Waals surface area contributed by atoms with E-state index in [1.54, 1.807) is 24.3 Å². The second-order valence-corrected chi connectivity index (χ2v) is 7.19. The summed E-state index contributed by atoms with van der Waals surface area (Å²) in [6, 6.07) is 14.4. The number of likely N-dealkylation sites (tertiary alicyclic amines) is 1. The Bertz CT molecular complexity index is 993. The molecule has 2 aromatic carbocycles. The lowest BCUT2D eigenvalue weighted by Gasteiger charge is -2.42. The molecule has 3 heterocycles. The molecule has 140 valence electrons. The summed E-state index contributed by atoms with van der Waals surface area (Å²) < 4.78 is 24.5. The molecule has 1 saturated heterocycles. The minimum Gasteiger partial charge on any atom is -0.478 e. The highest BCUT2D eigenvalue weighted by molar-refractivity contribution is 6.06. The Morgan fingerprint density at radius 1 is 0.679 bits per heavy atom. The Hall–Kier alpha value is -3.48. The number of nitrogens with zero attached hydrogens (tertiary/aromatic N) is 1. The number of ether oxygens (including phenoxy) is 4. The second-order valence-electron chi connectivity index (χ2n) is 7.19. The number of carbonyl (C=O) groups excluding carboxylic acids is 2. The van der Waals surface area contributed by atoms with Crippen molar-refractivity contribution >= 4 is 11.8 Å². The van der Waals surface area contributed by atoms with Crippen LogP contribution in [-0.2, 0) is 9.59 Å². The van der Waals surface area contributed by atoms with Crippen LogP contribution >= 0.6 is 0 Å². The first-order chi connectivity index (χ1) is 13.6. The van der Waals surface area contributed by atoms with Gasteiger partial charge in [-0.05, 0) is 24.3 Å². The number of hydrogen-bond acceptors (Lipinski definition) is 6. The summed E-state index contributed by atoms with van der Waals surface area (Å²) in [5, 5.41) is 0. The third kappa shape index (κ3) is 1.88. The summed E-state index contributed by atoms with van der Waals surface area (Å²) in [4.78, 5) is 26.9. The van der Waals surface area contributed by atoms with Gasteiger partial charge < -0.3 is 18.9 Å². The molecule has 0 aromatic heterocycles. The predicted molar refractivity (Wildman–Crippen MR) is 94.8 cm³/mol. The zero-order valence-corrected chi connectivity index (χ0v) is 14.8. The molecule has 2 amide bonds. The largest absolute Gasteiger partial charge is 0.478 e. The molecule has 6 rings (SSSR count). The van der Waals surface area contributed by atoms with E-state index >= 15 is 0 Å². The van der Waals surface area contributed by atoms with Crippen molar-refractivity contribution in [2.24, 2.45) is 11.8 Å². The molecule has 7 heteroatoms. The van der Waals surface area contributed by atoms with E-state index in [9.17, 15) is 9.59 Å². The number of imide groups is 1. The molecule has 7 nitrogen and oxygen atoms in total. The first-order valence-electron chi connectivity index (χ1n) is 9.06. The van der Waals surface area contributed by atoms with Crippen LogP contribution in [0.5, 0.6) is 23.0 Å². The van der Waals surface area contributed by atoms with Gasteiger partial charge in [-0.1, -0.05) is 24.3 Å². The number of rotatable bonds is 0. The quantitative estimate of drug-likeness (QED) is 0.655. The minimum absolute atomic E-state index is 0.304. The van der Waals surface area contributed by atoms with Gasteiger partial charge in [-0.25, -0.2) is 0 Å². The van der Waals surface area contributed by atoms with Crippen LogP contribution in [0.1, 0.15) is 0 Å². The van der Waals surface area contributed by atoms with Gasteiger partial charge in [-0.15, -0.1) is 0 Å². The number of hydrogen-bond donors (Lipinski definition) is 0. The van der Waals surface area contributed by atoms with E-state index in [-0.39, 0.29) is 11.8 Å². The number of fused-ring (bicyclic) bond motifs is 7. The average Bonchev–Trinajstić information content (AvgIpc) is 2.96. The highest BCUT2D eigenvalue weighted by Crippen LogP contribution is 2.51. The molecule has 4 aliphatic rings. The monoisotopic (exact) mass is 377 g/mol. The smallest absolute Gasteiger partial charge is 0.237 e. The molecule has 28 heavy (non-hydrogen) atoms. The lowest BCUT2D eigenvalue weighted by molar-refractivity contribution is -0.138. The molecule has 3 aliphatic heterocycles. The van der Waals surface area contributed by atoms with Gasteiger partial charge in [0.1, 0.15) is 0 Å². The van der Waals surface area contributed by atoms with Crippen LogP contribution in [0.4, 0.5) is 0 Å². The maximum atomic E-state index is 12.9. The van der Waals surface area contributed by atoms with E-state index < -0.39 is 24.0 Å². The van der Waals surface area contributed by atoms with Crippen LogP contribution in [0.3, 0.4) is 0 Å². The Labute approximate surface area is 160 Å². The lowest BCUT2D eigenvalue weighted by atomic mass is 9.78. The van der Waals surface area contributed by atoms with Gasteiger partial charge in [-0.3, -0.25) is 14.5 Å². The topological polar surface area (TPSA) is 74.3 Å². The molecule has 1 aliphatic carbocycles. The van der Waals surface area contributed by atoms with E-state index in [0.29, 0.717) is 34.5 Å². The zero-order valence-electron chi connectivity index (χ0n) is 14.8. The van der Waals surface area contributed by atoms with E-state index in [2.05, 4.69) is 0 Å². The first kappa shape index (κ1) is 15.6. The van der Waals surface area contributed by atoms with Gasteiger partial charge in [0.25, 0.3) is 0 Å². The highest BCUT2D eigenvalue weighted by atomic mass is 16.6. The number of carbonyl (C=O) groups is 2. The molecule has 0 bridgehead atoms. The predicted octanol–water partition coefficient (Wildman–Crippen LogP) is 2.12. The standard InChI is InChI=1S/C21H15NO6/c1-22-20(23)14-15(21(22)24)17-19(28-13-9-5-3-7-11(13)26-17)18-16(14)25-10-6-2-4-8-12(10)27-18/h2-9,14-17H,1H3. The number of benzene rings is 2. The summed E-state index contributed by atoms with van der Waals surface area (Å²) in [7, 11) is 1.48. The maximum absolute atomic E-state index is 12.9. The van der Waals surface area contributed by atoms with Crippen molar-refractivity contribution in [3.8, 4) is 23.0 Å². The van der Waals surface area contributed by atoms with Gasteiger partial charge in [0.2, 0.25) is 11.8 Å². The van der Waals surface area contributed by atoms with Crippen LogP contribution in [0, 0.1) is 11.8 Å². The lowest BCUT2D eigenvalue weighted by Crippen LogP contribution is -2.53. The van der Waals surface area contributed by atoms with Crippen molar-refractivity contribution < 1.29 is 28.5 Å². The summed E-state index contributed by atoms with van der Waals surface area (Å²) in [5.74, 6) is 0.821. The fraction of sp³-hybridized carbons (Fsp3) is 0.238. The van der Waals surface area contributed by atoms with Gasteiger partial charge in [-0.2, -0.15) is 0 Å². The molecular formula is C21H15NO6. The zero-order chi connectivity index (χ0) is 19.0. The SMILES string of the molecule is CN1C(=O)C2C3Oc4ccccc4OC3=C3Oc4ccccc4OC3C2C1=O. The fourth-order valence-corrected chi connectivity index (χ4v) is 4.35. The van der Waals surface area contributed by atoms with E-state index in [0.717, 1.165) is 4.90 Å². The normalized spacial score (nSPS) is 29.2. The van der Waals surface area contributed by atoms with Gasteiger partial charge in [0, 0.05) is 7.05 Å². The first-order valence-corrected chi connectivity index (χ1v) is 9.06. The molecule has 4 atom stereocenters. The fourth-order valence-electron chi connectivity index (χ4n) is 4.35. The third-order valence-electron chi connectivity index (χ3n) is 5.68. The van der Waals surface area contributed by atoms with Crippen molar-refractivity contribution in [3.63, 3.8) is 0 Å². The second kappa shape index (κ2) is 5.28. The van der Waals surface area contributed by atoms with Gasteiger partial charge >= 0.3 is 0 Å². The molecule has 0 radical (unpaired) electrons. The Morgan fingerprint density at radius 3 is 1.50 bits per heavy atom. The summed E-state index contributed by atoms with van der Waals surface area (Å²) in [6.45, 7) is 0. The number of amides is 2. The van der Waals surface area contributed by atoms with Crippen molar-refractivity contribution in [1.29, 1.82) is 0 Å². The summed E-state index contributed by atoms with van der Waals surface area (Å²) >= 11 is 0. The van der Waals surface area contributed by atoms with Gasteiger partial charge in [0.05, 0.1) is 11.8 Å². The molecule has 1 fully saturated rings. The van der Waals surface area contributed by atoms with Crippen LogP contribution in [-0.4, -0.2) is 36.0 Å². The van der Waals surface area contributed by atoms with Crippen molar-refractivity contribution in [2.75, 3.05) is 7.05 Å². The molecule has 0 N–H and O–H groups in total. The maximum Gasteiger partial charge on any atom is 0.237 e. The van der Waals surface area contributed by atoms with Crippen LogP contribution in [0.2, 0.25) is 0 Å². The molecule has 4 unspecified atom stereocenters. The van der Waals surface area contributed by atoms with Crippen molar-refractivity contribution in [2.45, 2.75) is 12.2 Å². The third-order valence-corrected chi connectivity index (χ3v) is 5.68. The molecule has 2 aromatic rings. The van der Waals surface area contributed by atoms with Crippen LogP contribution in [0.15, 0.2) is 60.0 Å². The molecule has 0 spiro atoms. The highest BCUT2D eigenvalue weighted by Gasteiger charge is 2.63. The number of para-hydroxylation sites is 4. The van der Waals surface area contributed by atoms with E-state index in [1.165, 1.54) is 7.05 Å². The van der Waals surface area contributed by atoms with Crippen LogP contribution in [0.25, 0.3) is 0 Å². The molecule has 0 saturated carbocycles. The Morgan fingerprint density at radius 2 is 1.07 bits per heavy atom. The van der Waals surface area contributed by atoms with Gasteiger partial charge in [0.15, 0.2) is 46.7 Å². The summed E-state index contributed by atoms with van der Waals surface area (Å²) in [5.41, 5.74) is 0. The Kier molecular flexibility index (Phi) is 2.94. The van der Waals surface area contributed by atoms with E-state index in [4.69, 9.17) is 18.9 Å². The van der Waals surface area contributed by atoms with Crippen molar-refractivity contribution in [1.82, 2.24) is 4.90 Å².